The van der Waals surface area contributed by atoms with Crippen molar-refractivity contribution in [3.63, 3.8) is 0 Å². The first kappa shape index (κ1) is 18.2. The maximum absolute atomic E-state index is 12.4. The first-order valence-corrected chi connectivity index (χ1v) is 7.07. The average molecular weight is 342 g/mol. The molecule has 1 atom stereocenters. The molecule has 0 saturated carbocycles. The van der Waals surface area contributed by atoms with Crippen molar-refractivity contribution in [1.29, 1.82) is 0 Å². The van der Waals surface area contributed by atoms with E-state index in [1.54, 1.807) is 19.2 Å². The summed E-state index contributed by atoms with van der Waals surface area (Å²) in [5.74, 6) is 0. The molecule has 0 bridgehead atoms. The van der Waals surface area contributed by atoms with Crippen molar-refractivity contribution < 1.29 is 41.1 Å². The molecule has 0 heterocycles. The summed E-state index contributed by atoms with van der Waals surface area (Å²) in [5.41, 5.74) is 0.829. The van der Waals surface area contributed by atoms with Crippen molar-refractivity contribution in [2.45, 2.75) is 30.7 Å². The van der Waals surface area contributed by atoms with Crippen molar-refractivity contribution in [1.82, 2.24) is 4.31 Å². The van der Waals surface area contributed by atoms with Gasteiger partial charge < -0.3 is 13.8 Å². The van der Waals surface area contributed by atoms with Crippen LogP contribution in [0.1, 0.15) is 18.9 Å². The van der Waals surface area contributed by atoms with Gasteiger partial charge >= 0.3 is 0 Å². The van der Waals surface area contributed by atoms with Crippen molar-refractivity contribution in [3.05, 3.63) is 43.7 Å². The van der Waals surface area contributed by atoms with Crippen molar-refractivity contribution in [3.8, 4) is 0 Å². The molecule has 0 N–H and O–H groups in total. The summed E-state index contributed by atoms with van der Waals surface area (Å²) in [4.78, 5) is 0.368. The zero-order chi connectivity index (χ0) is 13.1. The SMILES string of the molecule is [CH2-]CC([CH2-])N(C)S(=O)(=O)c1ccccc1CC.[Y]. The van der Waals surface area contributed by atoms with E-state index in [2.05, 4.69) is 13.8 Å². The molecule has 18 heavy (non-hydrogen) atoms. The van der Waals surface area contributed by atoms with Gasteiger partial charge in [0.05, 0.1) is 4.90 Å². The van der Waals surface area contributed by atoms with Crippen LogP contribution in [0.2, 0.25) is 0 Å². The Morgan fingerprint density at radius 2 is 1.89 bits per heavy atom. The Balaban J connectivity index is 0.00000289. The Morgan fingerprint density at radius 1 is 1.33 bits per heavy atom. The molecule has 3 nitrogen and oxygen atoms in total. The molecule has 0 fully saturated rings. The molecule has 1 rings (SSSR count). The fraction of sp³-hybridized carbons (Fsp3) is 0.385. The Kier molecular flexibility index (Phi) is 7.83. The molecule has 0 aliphatic rings. The quantitative estimate of drug-likeness (QED) is 0.770. The van der Waals surface area contributed by atoms with Gasteiger partial charge in [-0.05, 0) is 25.1 Å². The van der Waals surface area contributed by atoms with Crippen LogP contribution in [0.4, 0.5) is 0 Å². The zero-order valence-corrected chi connectivity index (χ0v) is 14.6. The minimum Gasteiger partial charge on any atom is -0.344 e. The molecular formula is C13H19NO2SY-2. The van der Waals surface area contributed by atoms with E-state index in [1.165, 1.54) is 4.31 Å². The summed E-state index contributed by atoms with van der Waals surface area (Å²) in [6, 6.07) is 6.72. The van der Waals surface area contributed by atoms with Gasteiger partial charge in [-0.25, -0.2) is 12.7 Å². The normalized spacial score (nSPS) is 13.2. The number of aryl methyl sites for hydroxylation is 1. The topological polar surface area (TPSA) is 37.4 Å². The van der Waals surface area contributed by atoms with E-state index in [1.807, 2.05) is 19.1 Å². The van der Waals surface area contributed by atoms with E-state index in [9.17, 15) is 8.42 Å². The van der Waals surface area contributed by atoms with Crippen LogP contribution in [-0.2, 0) is 49.2 Å². The van der Waals surface area contributed by atoms with E-state index >= 15 is 0 Å². The molecule has 0 amide bonds. The molecule has 1 unspecified atom stereocenters. The second-order valence-corrected chi connectivity index (χ2v) is 5.89. The van der Waals surface area contributed by atoms with E-state index in [0.29, 0.717) is 17.7 Å². The summed E-state index contributed by atoms with van der Waals surface area (Å²) < 4.78 is 26.0. The van der Waals surface area contributed by atoms with Crippen LogP contribution >= 0.6 is 0 Å². The van der Waals surface area contributed by atoms with Gasteiger partial charge in [-0.15, -0.1) is 6.04 Å². The molecular weight excluding hydrogens is 323 g/mol. The molecule has 5 heteroatoms. The van der Waals surface area contributed by atoms with Gasteiger partial charge in [-0.2, -0.15) is 6.42 Å². The predicted molar refractivity (Wildman–Crippen MR) is 69.9 cm³/mol. The Morgan fingerprint density at radius 3 is 2.39 bits per heavy atom. The van der Waals surface area contributed by atoms with Crippen LogP contribution in [0.25, 0.3) is 0 Å². The molecule has 1 radical (unpaired) electrons. The number of sulfonamides is 1. The summed E-state index contributed by atoms with van der Waals surface area (Å²) in [6.07, 6.45) is 1.14. The molecule has 1 aromatic rings. The van der Waals surface area contributed by atoms with Gasteiger partial charge in [0, 0.05) is 32.7 Å². The number of hydrogen-bond acceptors (Lipinski definition) is 2. The Bertz CT molecular complexity index is 474. The van der Waals surface area contributed by atoms with Crippen molar-refractivity contribution in [2.75, 3.05) is 7.05 Å². The minimum atomic E-state index is -3.46. The van der Waals surface area contributed by atoms with Crippen LogP contribution in [0.3, 0.4) is 0 Å². The Labute approximate surface area is 136 Å². The van der Waals surface area contributed by atoms with Crippen LogP contribution in [0.5, 0.6) is 0 Å². The number of rotatable bonds is 5. The minimum absolute atomic E-state index is 0. The molecule has 0 aromatic heterocycles. The van der Waals surface area contributed by atoms with Gasteiger partial charge in [0.2, 0.25) is 10.0 Å². The van der Waals surface area contributed by atoms with Crippen LogP contribution < -0.4 is 0 Å². The maximum atomic E-state index is 12.4. The number of hydrogen-bond donors (Lipinski definition) is 0. The van der Waals surface area contributed by atoms with E-state index in [4.69, 9.17) is 0 Å². The van der Waals surface area contributed by atoms with Crippen LogP contribution in [0.15, 0.2) is 29.2 Å². The maximum Gasteiger partial charge on any atom is 0.240 e. The average Bonchev–Trinajstić information content (AvgIpc) is 2.36. The third-order valence-corrected chi connectivity index (χ3v) is 4.87. The Hall–Kier alpha value is 0.234. The fourth-order valence-electron chi connectivity index (χ4n) is 1.58. The second kappa shape index (κ2) is 7.73. The molecule has 0 saturated heterocycles. The van der Waals surface area contributed by atoms with Crippen molar-refractivity contribution in [2.24, 2.45) is 0 Å². The molecule has 99 valence electrons. The number of benzene rings is 1. The first-order valence-electron chi connectivity index (χ1n) is 5.63. The van der Waals surface area contributed by atoms with E-state index < -0.39 is 10.0 Å². The van der Waals surface area contributed by atoms with Gasteiger partial charge in [-0.1, -0.05) is 25.1 Å². The van der Waals surface area contributed by atoms with Crippen molar-refractivity contribution >= 4 is 10.0 Å². The molecule has 1 aromatic carbocycles. The zero-order valence-electron chi connectivity index (χ0n) is 11.0. The van der Waals surface area contributed by atoms with Gasteiger partial charge in [-0.3, -0.25) is 0 Å². The second-order valence-electron chi connectivity index (χ2n) is 3.93. The van der Waals surface area contributed by atoms with Crippen LogP contribution in [0, 0.1) is 13.8 Å². The monoisotopic (exact) mass is 342 g/mol. The van der Waals surface area contributed by atoms with Gasteiger partial charge in [0.1, 0.15) is 0 Å². The van der Waals surface area contributed by atoms with E-state index in [-0.39, 0.29) is 38.8 Å². The van der Waals surface area contributed by atoms with Gasteiger partial charge in [0.15, 0.2) is 0 Å². The standard InChI is InChI=1S/C13H19NO2S.Y/c1-5-11(3)14(4)17(15,16)13-10-8-7-9-12(13)6-2;/h7-11H,1,3,5-6H2,2,4H3;/q-2;. The fourth-order valence-corrected chi connectivity index (χ4v) is 3.18. The van der Waals surface area contributed by atoms with Crippen LogP contribution in [-0.4, -0.2) is 25.8 Å². The third-order valence-electron chi connectivity index (χ3n) is 2.86. The number of nitrogens with zero attached hydrogens (tertiary/aromatic N) is 1. The van der Waals surface area contributed by atoms with E-state index in [0.717, 1.165) is 5.56 Å². The molecule has 0 aliphatic carbocycles. The first-order chi connectivity index (χ1) is 7.95. The molecule has 0 spiro atoms. The smallest absolute Gasteiger partial charge is 0.240 e. The summed E-state index contributed by atoms with van der Waals surface area (Å²) >= 11 is 0. The summed E-state index contributed by atoms with van der Waals surface area (Å²) in [6.45, 7) is 9.42. The summed E-state index contributed by atoms with van der Waals surface area (Å²) in [5, 5.41) is 0. The predicted octanol–water partition coefficient (Wildman–Crippen LogP) is 2.29. The third kappa shape index (κ3) is 3.86. The largest absolute Gasteiger partial charge is 0.344 e. The van der Waals surface area contributed by atoms with Gasteiger partial charge in [0.25, 0.3) is 0 Å². The summed E-state index contributed by atoms with van der Waals surface area (Å²) in [7, 11) is -1.92. The molecule has 0 aliphatic heterocycles.